The Kier molecular flexibility index (Phi) is 2.67. The quantitative estimate of drug-likeness (QED) is 0.709. The van der Waals surface area contributed by atoms with Gasteiger partial charge >= 0.3 is 0 Å². The first kappa shape index (κ1) is 9.71. The molecule has 0 radical (unpaired) electrons. The van der Waals surface area contributed by atoms with Gasteiger partial charge in [-0.05, 0) is 0 Å². The highest BCUT2D eigenvalue weighted by atomic mass is 16.7. The minimum absolute atomic E-state index is 0.239. The third-order valence-electron chi connectivity index (χ3n) is 2.02. The second-order valence-corrected chi connectivity index (χ2v) is 2.96. The van der Waals surface area contributed by atoms with Crippen molar-refractivity contribution < 1.29 is 18.9 Å². The molecule has 0 spiro atoms. The average molecular weight is 208 g/mol. The maximum Gasteiger partial charge on any atom is 0.231 e. The Morgan fingerprint density at radius 2 is 2.00 bits per heavy atom. The lowest BCUT2D eigenvalue weighted by molar-refractivity contribution is 0.173. The van der Waals surface area contributed by atoms with Crippen LogP contribution in [0.2, 0.25) is 0 Å². The number of hydrogen-bond donors (Lipinski definition) is 0. The van der Waals surface area contributed by atoms with Crippen LogP contribution in [-0.2, 0) is 0 Å². The Balaban J connectivity index is 2.30. The zero-order chi connectivity index (χ0) is 10.7. The molecule has 0 aromatic heterocycles. The summed E-state index contributed by atoms with van der Waals surface area (Å²) in [5.41, 5.74) is 0. The molecule has 0 saturated heterocycles. The maximum absolute atomic E-state index is 5.42. The molecular formula is C11H12O4. The molecule has 80 valence electrons. The van der Waals surface area contributed by atoms with Crippen molar-refractivity contribution in [2.45, 2.75) is 0 Å². The van der Waals surface area contributed by atoms with Crippen LogP contribution in [0.25, 0.3) is 0 Å². The van der Waals surface area contributed by atoms with E-state index in [9.17, 15) is 0 Å². The molecule has 0 amide bonds. The van der Waals surface area contributed by atoms with E-state index in [0.29, 0.717) is 29.6 Å². The summed E-state index contributed by atoms with van der Waals surface area (Å²) in [5.74, 6) is 2.61. The maximum atomic E-state index is 5.42. The first-order chi connectivity index (χ1) is 7.35. The predicted octanol–water partition coefficient (Wildman–Crippen LogP) is 1.99. The second kappa shape index (κ2) is 4.13. The van der Waals surface area contributed by atoms with Crippen molar-refractivity contribution in [3.05, 3.63) is 24.8 Å². The molecule has 1 aliphatic heterocycles. The molecule has 15 heavy (non-hydrogen) atoms. The van der Waals surface area contributed by atoms with Crippen molar-refractivity contribution in [2.75, 3.05) is 20.5 Å². The molecule has 1 aliphatic rings. The molecule has 1 heterocycles. The third-order valence-corrected chi connectivity index (χ3v) is 2.02. The smallest absolute Gasteiger partial charge is 0.231 e. The van der Waals surface area contributed by atoms with Gasteiger partial charge in [0.1, 0.15) is 6.61 Å². The normalized spacial score (nSPS) is 12.3. The van der Waals surface area contributed by atoms with Crippen molar-refractivity contribution >= 4 is 0 Å². The number of ether oxygens (including phenoxy) is 4. The Labute approximate surface area is 88.0 Å². The van der Waals surface area contributed by atoms with E-state index in [1.807, 2.05) is 0 Å². The van der Waals surface area contributed by atoms with Gasteiger partial charge < -0.3 is 18.9 Å². The molecule has 4 nitrogen and oxygen atoms in total. The molecule has 1 aromatic rings. The number of rotatable bonds is 4. The summed E-state index contributed by atoms with van der Waals surface area (Å²) >= 11 is 0. The molecule has 2 rings (SSSR count). The summed E-state index contributed by atoms with van der Waals surface area (Å²) in [6, 6.07) is 3.51. The molecule has 0 aliphatic carbocycles. The number of benzene rings is 1. The first-order valence-electron chi connectivity index (χ1n) is 4.56. The third kappa shape index (κ3) is 1.83. The molecule has 0 unspecified atom stereocenters. The lowest BCUT2D eigenvalue weighted by atomic mass is 10.3. The molecule has 0 saturated carbocycles. The fourth-order valence-electron chi connectivity index (χ4n) is 1.33. The van der Waals surface area contributed by atoms with Crippen molar-refractivity contribution in [3.63, 3.8) is 0 Å². The van der Waals surface area contributed by atoms with Gasteiger partial charge in [0, 0.05) is 12.1 Å². The highest BCUT2D eigenvalue weighted by molar-refractivity contribution is 5.55. The molecule has 0 fully saturated rings. The summed E-state index contributed by atoms with van der Waals surface area (Å²) < 4.78 is 21.1. The fraction of sp³-hybridized carbons (Fsp3) is 0.273. The minimum Gasteiger partial charge on any atom is -0.493 e. The van der Waals surface area contributed by atoms with Crippen molar-refractivity contribution in [1.82, 2.24) is 0 Å². The number of hydrogen-bond acceptors (Lipinski definition) is 4. The van der Waals surface area contributed by atoms with Crippen LogP contribution >= 0.6 is 0 Å². The van der Waals surface area contributed by atoms with Crippen LogP contribution in [0.5, 0.6) is 23.0 Å². The van der Waals surface area contributed by atoms with Crippen LogP contribution in [0.3, 0.4) is 0 Å². The highest BCUT2D eigenvalue weighted by Gasteiger charge is 2.18. The van der Waals surface area contributed by atoms with E-state index >= 15 is 0 Å². The van der Waals surface area contributed by atoms with E-state index in [0.717, 1.165) is 0 Å². The van der Waals surface area contributed by atoms with E-state index in [1.54, 1.807) is 25.3 Å². The van der Waals surface area contributed by atoms with Crippen LogP contribution in [-0.4, -0.2) is 20.5 Å². The number of fused-ring (bicyclic) bond motifs is 1. The van der Waals surface area contributed by atoms with Gasteiger partial charge in [0.05, 0.1) is 7.11 Å². The van der Waals surface area contributed by atoms with Gasteiger partial charge in [-0.25, -0.2) is 0 Å². The van der Waals surface area contributed by atoms with E-state index in [-0.39, 0.29) is 6.79 Å². The van der Waals surface area contributed by atoms with Crippen molar-refractivity contribution in [1.29, 1.82) is 0 Å². The van der Waals surface area contributed by atoms with Gasteiger partial charge in [-0.15, -0.1) is 0 Å². The summed E-state index contributed by atoms with van der Waals surface area (Å²) in [7, 11) is 1.58. The summed E-state index contributed by atoms with van der Waals surface area (Å²) in [6.07, 6.45) is 1.67. The summed E-state index contributed by atoms with van der Waals surface area (Å²) in [5, 5.41) is 0. The number of methoxy groups -OCH3 is 1. The van der Waals surface area contributed by atoms with Crippen LogP contribution in [0.4, 0.5) is 0 Å². The molecular weight excluding hydrogens is 196 g/mol. The Morgan fingerprint density at radius 3 is 2.60 bits per heavy atom. The van der Waals surface area contributed by atoms with Gasteiger partial charge in [0.2, 0.25) is 6.79 Å². The molecule has 0 N–H and O–H groups in total. The molecule has 4 heteroatoms. The SMILES string of the molecule is C=CCOc1cc2c(cc1OC)OCO2. The lowest BCUT2D eigenvalue weighted by Crippen LogP contribution is -1.96. The largest absolute Gasteiger partial charge is 0.493 e. The van der Waals surface area contributed by atoms with Crippen LogP contribution < -0.4 is 18.9 Å². The molecule has 0 atom stereocenters. The topological polar surface area (TPSA) is 36.9 Å². The predicted molar refractivity (Wildman–Crippen MR) is 54.8 cm³/mol. The zero-order valence-electron chi connectivity index (χ0n) is 8.49. The van der Waals surface area contributed by atoms with Crippen LogP contribution in [0, 0.1) is 0 Å². The van der Waals surface area contributed by atoms with Gasteiger partial charge in [-0.1, -0.05) is 12.7 Å². The van der Waals surface area contributed by atoms with Crippen LogP contribution in [0.1, 0.15) is 0 Å². The standard InChI is InChI=1S/C11H12O4/c1-3-4-13-9-6-11-10(14-7-15-11)5-8(9)12-2/h3,5-6H,1,4,7H2,2H3. The van der Waals surface area contributed by atoms with Gasteiger partial charge in [0.15, 0.2) is 23.0 Å². The van der Waals surface area contributed by atoms with Crippen molar-refractivity contribution in [2.24, 2.45) is 0 Å². The first-order valence-corrected chi connectivity index (χ1v) is 4.56. The van der Waals surface area contributed by atoms with E-state index in [1.165, 1.54) is 0 Å². The van der Waals surface area contributed by atoms with Gasteiger partial charge in [0.25, 0.3) is 0 Å². The second-order valence-electron chi connectivity index (χ2n) is 2.96. The van der Waals surface area contributed by atoms with E-state index in [4.69, 9.17) is 18.9 Å². The monoisotopic (exact) mass is 208 g/mol. The summed E-state index contributed by atoms with van der Waals surface area (Å²) in [4.78, 5) is 0. The van der Waals surface area contributed by atoms with E-state index in [2.05, 4.69) is 6.58 Å². The minimum atomic E-state index is 0.239. The Morgan fingerprint density at radius 1 is 1.33 bits per heavy atom. The van der Waals surface area contributed by atoms with Gasteiger partial charge in [-0.3, -0.25) is 0 Å². The zero-order valence-corrected chi connectivity index (χ0v) is 8.49. The van der Waals surface area contributed by atoms with Gasteiger partial charge in [-0.2, -0.15) is 0 Å². The average Bonchev–Trinajstić information content (AvgIpc) is 2.71. The lowest BCUT2D eigenvalue weighted by Gasteiger charge is -2.09. The van der Waals surface area contributed by atoms with Crippen LogP contribution in [0.15, 0.2) is 24.8 Å². The fourth-order valence-corrected chi connectivity index (χ4v) is 1.33. The Bertz CT molecular complexity index is 373. The molecule has 1 aromatic carbocycles. The highest BCUT2D eigenvalue weighted by Crippen LogP contribution is 2.41. The summed E-state index contributed by atoms with van der Waals surface area (Å²) in [6.45, 7) is 4.25. The van der Waals surface area contributed by atoms with Crippen molar-refractivity contribution in [3.8, 4) is 23.0 Å². The van der Waals surface area contributed by atoms with E-state index < -0.39 is 0 Å². The molecule has 0 bridgehead atoms. The Hall–Kier alpha value is -1.84.